The molecule has 119 valence electrons. The van der Waals surface area contributed by atoms with E-state index in [0.29, 0.717) is 0 Å². The van der Waals surface area contributed by atoms with E-state index in [0.717, 1.165) is 25.4 Å². The second-order valence-electron chi connectivity index (χ2n) is 6.43. The molecule has 0 unspecified atom stereocenters. The number of hydrogen-bond donors (Lipinski definition) is 0. The largest absolute Gasteiger partial charge is 0.662 e. The van der Waals surface area contributed by atoms with Gasteiger partial charge in [-0.15, -0.1) is 13.1 Å². The third-order valence-corrected chi connectivity index (χ3v) is 4.96. The predicted octanol–water partition coefficient (Wildman–Crippen LogP) is 3.15. The molecule has 1 aromatic rings. The van der Waals surface area contributed by atoms with Gasteiger partial charge < -0.3 is 10.2 Å². The molecule has 0 aliphatic carbocycles. The normalized spacial score (nSPS) is 20.7. The Morgan fingerprint density at radius 1 is 1.09 bits per heavy atom. The van der Waals surface area contributed by atoms with Gasteiger partial charge in [-0.2, -0.15) is 0 Å². The van der Waals surface area contributed by atoms with E-state index in [9.17, 15) is 0 Å². The first-order valence-corrected chi connectivity index (χ1v) is 8.54. The van der Waals surface area contributed by atoms with Crippen LogP contribution in [-0.4, -0.2) is 50.7 Å². The van der Waals surface area contributed by atoms with Crippen molar-refractivity contribution >= 4 is 5.69 Å². The fourth-order valence-electron chi connectivity index (χ4n) is 3.51. The number of rotatable bonds is 4. The number of aryl methyl sites for hydroxylation is 1. The quantitative estimate of drug-likeness (QED) is 0.806. The Labute approximate surface area is 160 Å². The van der Waals surface area contributed by atoms with Crippen molar-refractivity contribution in [1.82, 2.24) is 4.90 Å². The van der Waals surface area contributed by atoms with E-state index in [-0.39, 0.29) is 32.7 Å². The van der Waals surface area contributed by atoms with Crippen LogP contribution < -0.4 is 4.90 Å². The molecule has 0 bridgehead atoms. The summed E-state index contributed by atoms with van der Waals surface area (Å²) in [4.78, 5) is 5.21. The molecule has 2 aliphatic heterocycles. The predicted molar refractivity (Wildman–Crippen MR) is 90.3 cm³/mol. The third kappa shape index (κ3) is 5.02. The van der Waals surface area contributed by atoms with Crippen LogP contribution in [0.3, 0.4) is 0 Å². The molecule has 1 aromatic carbocycles. The first-order chi connectivity index (χ1) is 10.3. The number of hydrogen-bond acceptors (Lipinski definition) is 2. The van der Waals surface area contributed by atoms with Gasteiger partial charge in [0.1, 0.15) is 0 Å². The van der Waals surface area contributed by atoms with Crippen LogP contribution in [0.1, 0.15) is 25.3 Å². The molecule has 0 N–H and O–H groups in total. The van der Waals surface area contributed by atoms with E-state index in [1.807, 2.05) is 0 Å². The van der Waals surface area contributed by atoms with Gasteiger partial charge in [0, 0.05) is 71.1 Å². The fourth-order valence-corrected chi connectivity index (χ4v) is 3.51. The van der Waals surface area contributed by atoms with Crippen molar-refractivity contribution in [3.63, 3.8) is 0 Å². The van der Waals surface area contributed by atoms with Gasteiger partial charge in [-0.25, -0.2) is 0 Å². The summed E-state index contributed by atoms with van der Waals surface area (Å²) in [7, 11) is 0. The second kappa shape index (κ2) is 9.37. The number of benzene rings is 1. The van der Waals surface area contributed by atoms with Crippen LogP contribution in [0.15, 0.2) is 24.3 Å². The summed E-state index contributed by atoms with van der Waals surface area (Å²) in [5.74, 6) is 0.887. The maximum absolute atomic E-state index is 4.46. The summed E-state index contributed by atoms with van der Waals surface area (Å²) in [5, 5.41) is 4.46. The molecular weight excluding hydrogens is 347 g/mol. The van der Waals surface area contributed by atoms with Crippen molar-refractivity contribution in [2.75, 3.05) is 50.7 Å². The number of piperazine rings is 1. The average molecular weight is 375 g/mol. The third-order valence-electron chi connectivity index (χ3n) is 4.96. The van der Waals surface area contributed by atoms with Gasteiger partial charge in [-0.1, -0.05) is 31.9 Å². The Morgan fingerprint density at radius 2 is 1.82 bits per heavy atom. The molecule has 2 fully saturated rings. The molecule has 2 heterocycles. The Hall–Kier alpha value is 0.0439. The topological polar surface area (TPSA) is 20.6 Å². The molecule has 1 radical (unpaired) electrons. The standard InChI is InChI=1S/C18H28N3.Y/c1-2-16-4-3-5-18(14-16)21-12-10-20(11-13-21)15-17-6-8-19-9-7-17;/h3-5,14,17H,2,6-13,15H2,1H3;/q-1;. The molecule has 0 aromatic heterocycles. The zero-order chi connectivity index (χ0) is 14.5. The van der Waals surface area contributed by atoms with Crippen LogP contribution in [0.4, 0.5) is 5.69 Å². The molecule has 3 rings (SSSR count). The van der Waals surface area contributed by atoms with Gasteiger partial charge in [0.2, 0.25) is 0 Å². The Kier molecular flexibility index (Phi) is 7.83. The molecule has 2 aliphatic rings. The van der Waals surface area contributed by atoms with Gasteiger partial charge >= 0.3 is 0 Å². The maximum Gasteiger partial charge on any atom is 0.0369 e. The van der Waals surface area contributed by atoms with Crippen molar-refractivity contribution in [2.45, 2.75) is 26.2 Å². The summed E-state index contributed by atoms with van der Waals surface area (Å²) in [6.07, 6.45) is 3.73. The van der Waals surface area contributed by atoms with Gasteiger partial charge in [-0.05, 0) is 30.0 Å². The summed E-state index contributed by atoms with van der Waals surface area (Å²) in [6, 6.07) is 9.05. The van der Waals surface area contributed by atoms with E-state index in [2.05, 4.69) is 46.3 Å². The minimum absolute atomic E-state index is 0. The first-order valence-electron chi connectivity index (χ1n) is 8.54. The molecule has 0 atom stereocenters. The molecule has 3 nitrogen and oxygen atoms in total. The molecule has 0 spiro atoms. The van der Waals surface area contributed by atoms with Gasteiger partial charge in [-0.3, -0.25) is 4.90 Å². The maximum atomic E-state index is 4.46. The SMILES string of the molecule is CCc1cccc(N2CCN(CC3CC[N-]CC3)CC2)c1.[Y]. The minimum Gasteiger partial charge on any atom is -0.662 e. The minimum atomic E-state index is 0. The Balaban J connectivity index is 0.00000176. The van der Waals surface area contributed by atoms with Crippen molar-refractivity contribution in [1.29, 1.82) is 0 Å². The van der Waals surface area contributed by atoms with Crippen LogP contribution in [0.5, 0.6) is 0 Å². The summed E-state index contributed by atoms with van der Waals surface area (Å²) in [6.45, 7) is 10.5. The van der Waals surface area contributed by atoms with Crippen LogP contribution in [0.2, 0.25) is 0 Å². The molecule has 4 heteroatoms. The van der Waals surface area contributed by atoms with Crippen LogP contribution in [0, 0.1) is 5.92 Å². The monoisotopic (exact) mass is 375 g/mol. The van der Waals surface area contributed by atoms with E-state index in [1.54, 1.807) is 0 Å². The average Bonchev–Trinajstić information content (AvgIpc) is 2.56. The smallest absolute Gasteiger partial charge is 0.0369 e. The van der Waals surface area contributed by atoms with Crippen LogP contribution >= 0.6 is 0 Å². The van der Waals surface area contributed by atoms with E-state index in [1.165, 1.54) is 56.8 Å². The van der Waals surface area contributed by atoms with Gasteiger partial charge in [0.15, 0.2) is 0 Å². The van der Waals surface area contributed by atoms with Crippen molar-refractivity contribution in [3.05, 3.63) is 35.1 Å². The van der Waals surface area contributed by atoms with Gasteiger partial charge in [0.05, 0.1) is 0 Å². The summed E-state index contributed by atoms with van der Waals surface area (Å²) in [5.41, 5.74) is 2.85. The molecular formula is C18H28N3Y-. The summed E-state index contributed by atoms with van der Waals surface area (Å²) < 4.78 is 0. The summed E-state index contributed by atoms with van der Waals surface area (Å²) >= 11 is 0. The number of nitrogens with zero attached hydrogens (tertiary/aromatic N) is 3. The van der Waals surface area contributed by atoms with E-state index >= 15 is 0 Å². The molecule has 2 saturated heterocycles. The van der Waals surface area contributed by atoms with Crippen molar-refractivity contribution in [2.24, 2.45) is 5.92 Å². The van der Waals surface area contributed by atoms with Gasteiger partial charge in [0.25, 0.3) is 0 Å². The van der Waals surface area contributed by atoms with Crippen LogP contribution in [0.25, 0.3) is 5.32 Å². The molecule has 0 saturated carbocycles. The fraction of sp³-hybridized carbons (Fsp3) is 0.667. The number of anilines is 1. The van der Waals surface area contributed by atoms with E-state index in [4.69, 9.17) is 0 Å². The Morgan fingerprint density at radius 3 is 2.50 bits per heavy atom. The zero-order valence-electron chi connectivity index (χ0n) is 13.9. The van der Waals surface area contributed by atoms with Crippen molar-refractivity contribution < 1.29 is 32.7 Å². The number of piperidine rings is 1. The first kappa shape index (κ1) is 18.4. The van der Waals surface area contributed by atoms with E-state index < -0.39 is 0 Å². The van der Waals surface area contributed by atoms with Crippen molar-refractivity contribution in [3.8, 4) is 0 Å². The molecule has 22 heavy (non-hydrogen) atoms. The zero-order valence-corrected chi connectivity index (χ0v) is 16.7. The second-order valence-corrected chi connectivity index (χ2v) is 6.43. The molecule has 0 amide bonds. The Bertz CT molecular complexity index is 438. The van der Waals surface area contributed by atoms with Crippen LogP contribution in [-0.2, 0) is 39.1 Å².